The highest BCUT2D eigenvalue weighted by Gasteiger charge is 2.45. The summed E-state index contributed by atoms with van der Waals surface area (Å²) in [5.41, 5.74) is 1.14. The number of nitrogens with zero attached hydrogens (tertiary/aromatic N) is 3. The lowest BCUT2D eigenvalue weighted by Crippen LogP contribution is -2.66. The molecule has 0 aromatic heterocycles. The summed E-state index contributed by atoms with van der Waals surface area (Å²) in [5, 5.41) is 9.01. The van der Waals surface area contributed by atoms with Crippen molar-refractivity contribution in [3.63, 3.8) is 0 Å². The largest absolute Gasteiger partial charge is 0.378 e. The molecule has 1 amide bonds. The molecule has 134 valence electrons. The number of carbonyl (C=O) groups is 1. The van der Waals surface area contributed by atoms with Gasteiger partial charge in [0.15, 0.2) is 0 Å². The Labute approximate surface area is 150 Å². The molecule has 5 nitrogen and oxygen atoms in total. The fourth-order valence-electron chi connectivity index (χ4n) is 4.20. The number of methoxy groups -OCH3 is 1. The zero-order valence-corrected chi connectivity index (χ0v) is 15.3. The van der Waals surface area contributed by atoms with E-state index < -0.39 is 0 Å². The highest BCUT2D eigenvalue weighted by Crippen LogP contribution is 2.35. The topological polar surface area (TPSA) is 56.6 Å². The van der Waals surface area contributed by atoms with E-state index >= 15 is 0 Å². The molecular formula is C20H27N3O2. The molecule has 2 heterocycles. The van der Waals surface area contributed by atoms with Gasteiger partial charge in [-0.15, -0.1) is 0 Å². The van der Waals surface area contributed by atoms with Crippen LogP contribution in [0.25, 0.3) is 0 Å². The highest BCUT2D eigenvalue weighted by molar-refractivity contribution is 5.94. The van der Waals surface area contributed by atoms with Crippen LogP contribution in [0.15, 0.2) is 24.3 Å². The molecule has 0 radical (unpaired) electrons. The van der Waals surface area contributed by atoms with Crippen LogP contribution < -0.4 is 0 Å². The molecule has 3 rings (SSSR count). The molecule has 2 saturated heterocycles. The molecule has 0 saturated carbocycles. The van der Waals surface area contributed by atoms with E-state index in [0.717, 1.165) is 32.5 Å². The number of piperidine rings is 1. The van der Waals surface area contributed by atoms with Gasteiger partial charge in [0.05, 0.1) is 17.7 Å². The molecule has 1 aromatic rings. The van der Waals surface area contributed by atoms with Gasteiger partial charge in [-0.05, 0) is 50.8 Å². The Balaban J connectivity index is 1.61. The van der Waals surface area contributed by atoms with Crippen molar-refractivity contribution < 1.29 is 9.53 Å². The molecule has 0 unspecified atom stereocenters. The van der Waals surface area contributed by atoms with Crippen LogP contribution in [0.5, 0.6) is 0 Å². The number of rotatable bonds is 4. The van der Waals surface area contributed by atoms with E-state index in [1.165, 1.54) is 0 Å². The molecule has 25 heavy (non-hydrogen) atoms. The number of hydrogen-bond acceptors (Lipinski definition) is 4. The SMILES string of the molecule is CO[C@H]1CN(C(C)C)[C@H]1C1CCN(C(=O)c2cccc(C#N)c2)CC1. The maximum absolute atomic E-state index is 12.7. The van der Waals surface area contributed by atoms with Crippen molar-refractivity contribution in [2.45, 2.75) is 44.9 Å². The van der Waals surface area contributed by atoms with Crippen LogP contribution in [0.4, 0.5) is 0 Å². The van der Waals surface area contributed by atoms with E-state index in [9.17, 15) is 4.79 Å². The summed E-state index contributed by atoms with van der Waals surface area (Å²) in [5.74, 6) is 0.615. The lowest BCUT2D eigenvalue weighted by Gasteiger charge is -2.54. The number of ether oxygens (including phenoxy) is 1. The minimum Gasteiger partial charge on any atom is -0.378 e. The van der Waals surface area contributed by atoms with Gasteiger partial charge in [-0.3, -0.25) is 9.69 Å². The standard InChI is InChI=1S/C20H27N3O2/c1-14(2)23-13-18(25-3)19(23)16-7-9-22(10-8-16)20(24)17-6-4-5-15(11-17)12-21/h4-6,11,14,16,18-19H,7-10,13H2,1-3H3/t18-,19-/m0/s1. The molecule has 2 atom stereocenters. The van der Waals surface area contributed by atoms with Crippen molar-refractivity contribution in [1.29, 1.82) is 5.26 Å². The molecule has 2 fully saturated rings. The molecule has 2 aliphatic heterocycles. The zero-order chi connectivity index (χ0) is 18.0. The molecule has 1 aromatic carbocycles. The van der Waals surface area contributed by atoms with Gasteiger partial charge in [0.25, 0.3) is 5.91 Å². The van der Waals surface area contributed by atoms with Crippen LogP contribution in [0.1, 0.15) is 42.6 Å². The third-order valence-corrected chi connectivity index (χ3v) is 5.67. The second-order valence-electron chi connectivity index (χ2n) is 7.38. The number of carbonyl (C=O) groups excluding carboxylic acids is 1. The second kappa shape index (κ2) is 7.55. The van der Waals surface area contributed by atoms with Gasteiger partial charge >= 0.3 is 0 Å². The fraction of sp³-hybridized carbons (Fsp3) is 0.600. The normalized spacial score (nSPS) is 24.8. The first-order chi connectivity index (χ1) is 12.0. The van der Waals surface area contributed by atoms with E-state index in [4.69, 9.17) is 10.00 Å². The highest BCUT2D eigenvalue weighted by atomic mass is 16.5. The van der Waals surface area contributed by atoms with E-state index in [-0.39, 0.29) is 5.91 Å². The Morgan fingerprint density at radius 2 is 2.04 bits per heavy atom. The number of benzene rings is 1. The van der Waals surface area contributed by atoms with Crippen molar-refractivity contribution in [2.24, 2.45) is 5.92 Å². The van der Waals surface area contributed by atoms with E-state index in [2.05, 4.69) is 24.8 Å². The van der Waals surface area contributed by atoms with Gasteiger partial charge < -0.3 is 9.64 Å². The monoisotopic (exact) mass is 341 g/mol. The average molecular weight is 341 g/mol. The summed E-state index contributed by atoms with van der Waals surface area (Å²) in [6, 6.07) is 10.1. The summed E-state index contributed by atoms with van der Waals surface area (Å²) >= 11 is 0. The van der Waals surface area contributed by atoms with Crippen LogP contribution in [0, 0.1) is 17.2 Å². The van der Waals surface area contributed by atoms with Gasteiger partial charge in [-0.2, -0.15) is 5.26 Å². The minimum absolute atomic E-state index is 0.0353. The van der Waals surface area contributed by atoms with Gasteiger partial charge in [0.2, 0.25) is 0 Å². The first-order valence-electron chi connectivity index (χ1n) is 9.13. The summed E-state index contributed by atoms with van der Waals surface area (Å²) in [4.78, 5) is 17.1. The molecular weight excluding hydrogens is 314 g/mol. The molecule has 0 N–H and O–H groups in total. The number of amides is 1. The number of likely N-dealkylation sites (tertiary alicyclic amines) is 2. The summed E-state index contributed by atoms with van der Waals surface area (Å²) in [6.07, 6.45) is 2.34. The van der Waals surface area contributed by atoms with Crippen molar-refractivity contribution in [3.05, 3.63) is 35.4 Å². The third kappa shape index (κ3) is 3.56. The maximum Gasteiger partial charge on any atom is 0.253 e. The van der Waals surface area contributed by atoms with Crippen molar-refractivity contribution >= 4 is 5.91 Å². The summed E-state index contributed by atoms with van der Waals surface area (Å²) < 4.78 is 5.65. The van der Waals surface area contributed by atoms with Crippen molar-refractivity contribution in [2.75, 3.05) is 26.7 Å². The smallest absolute Gasteiger partial charge is 0.253 e. The average Bonchev–Trinajstić information content (AvgIpc) is 2.61. The summed E-state index contributed by atoms with van der Waals surface area (Å²) in [7, 11) is 1.80. The van der Waals surface area contributed by atoms with E-state index in [1.54, 1.807) is 31.4 Å². The van der Waals surface area contributed by atoms with Gasteiger partial charge in [0, 0.05) is 44.4 Å². The predicted octanol–water partition coefficient (Wildman–Crippen LogP) is 2.52. The maximum atomic E-state index is 12.7. The Morgan fingerprint density at radius 1 is 1.32 bits per heavy atom. The first kappa shape index (κ1) is 17.9. The molecule has 0 spiro atoms. The molecule has 0 aliphatic carbocycles. The van der Waals surface area contributed by atoms with Gasteiger partial charge in [-0.1, -0.05) is 6.07 Å². The fourth-order valence-corrected chi connectivity index (χ4v) is 4.20. The van der Waals surface area contributed by atoms with Crippen LogP contribution in [0.3, 0.4) is 0 Å². The number of nitriles is 1. The third-order valence-electron chi connectivity index (χ3n) is 5.67. The van der Waals surface area contributed by atoms with E-state index in [0.29, 0.717) is 35.2 Å². The molecule has 0 bridgehead atoms. The van der Waals surface area contributed by atoms with E-state index in [1.807, 2.05) is 4.90 Å². The number of hydrogen-bond donors (Lipinski definition) is 0. The summed E-state index contributed by atoms with van der Waals surface area (Å²) in [6.45, 7) is 7.04. The van der Waals surface area contributed by atoms with Crippen LogP contribution in [0.2, 0.25) is 0 Å². The Hall–Kier alpha value is -1.90. The van der Waals surface area contributed by atoms with Crippen LogP contribution in [-0.2, 0) is 4.74 Å². The lowest BCUT2D eigenvalue weighted by atomic mass is 9.79. The van der Waals surface area contributed by atoms with Gasteiger partial charge in [0.1, 0.15) is 0 Å². The first-order valence-corrected chi connectivity index (χ1v) is 9.13. The van der Waals surface area contributed by atoms with Gasteiger partial charge in [-0.25, -0.2) is 0 Å². The molecule has 5 heteroatoms. The Morgan fingerprint density at radius 3 is 2.64 bits per heavy atom. The Bertz CT molecular complexity index is 659. The van der Waals surface area contributed by atoms with Crippen LogP contribution >= 0.6 is 0 Å². The zero-order valence-electron chi connectivity index (χ0n) is 15.3. The van der Waals surface area contributed by atoms with Crippen molar-refractivity contribution in [3.8, 4) is 6.07 Å². The second-order valence-corrected chi connectivity index (χ2v) is 7.38. The molecule has 2 aliphatic rings. The quantitative estimate of drug-likeness (QED) is 0.844. The van der Waals surface area contributed by atoms with Crippen LogP contribution in [-0.4, -0.2) is 60.6 Å². The Kier molecular flexibility index (Phi) is 5.41. The minimum atomic E-state index is 0.0353. The lowest BCUT2D eigenvalue weighted by molar-refractivity contribution is -0.128. The van der Waals surface area contributed by atoms with Crippen molar-refractivity contribution in [1.82, 2.24) is 9.80 Å². The predicted molar refractivity (Wildman–Crippen MR) is 96.2 cm³/mol.